The molecule has 26 heavy (non-hydrogen) atoms. The van der Waals surface area contributed by atoms with Crippen molar-refractivity contribution in [2.45, 2.75) is 25.6 Å². The Kier molecular flexibility index (Phi) is 8.38. The molecule has 0 radical (unpaired) electrons. The molecule has 1 N–H and O–H groups in total. The van der Waals surface area contributed by atoms with E-state index < -0.39 is 21.6 Å². The third-order valence-corrected chi connectivity index (χ3v) is 4.35. The highest BCUT2D eigenvalue weighted by molar-refractivity contribution is 7.95. The van der Waals surface area contributed by atoms with Crippen LogP contribution in [0.2, 0.25) is 0 Å². The molecule has 148 valence electrons. The first-order valence-corrected chi connectivity index (χ1v) is 9.33. The summed E-state index contributed by atoms with van der Waals surface area (Å²) in [7, 11) is -4.03. The highest BCUT2D eigenvalue weighted by Gasteiger charge is 2.44. The second-order valence-corrected chi connectivity index (χ2v) is 6.76. The molecule has 0 spiro atoms. The maximum absolute atomic E-state index is 12.7. The summed E-state index contributed by atoms with van der Waals surface area (Å²) in [4.78, 5) is 0. The number of nitrogens with one attached hydrogen (secondary N) is 1. The van der Waals surface area contributed by atoms with Crippen molar-refractivity contribution in [3.63, 3.8) is 0 Å². The number of halogens is 3. The van der Waals surface area contributed by atoms with E-state index in [4.69, 9.17) is 14.2 Å². The van der Waals surface area contributed by atoms with Gasteiger partial charge in [0.2, 0.25) is 0 Å². The Morgan fingerprint density at radius 3 is 2.12 bits per heavy atom. The molecule has 10 heteroatoms. The van der Waals surface area contributed by atoms with E-state index in [0.717, 1.165) is 0 Å². The van der Waals surface area contributed by atoms with Crippen LogP contribution in [0.4, 0.5) is 13.2 Å². The molecular weight excluding hydrogens is 375 g/mol. The van der Waals surface area contributed by atoms with Crippen LogP contribution in [0.25, 0.3) is 5.70 Å². The van der Waals surface area contributed by atoms with Crippen LogP contribution in [-0.2, 0) is 19.3 Å². The lowest BCUT2D eigenvalue weighted by Gasteiger charge is -2.20. The number of hydrogen-bond donors (Lipinski definition) is 1. The van der Waals surface area contributed by atoms with Crippen LogP contribution < -0.4 is 10.1 Å². The monoisotopic (exact) mass is 397 g/mol. The first-order valence-electron chi connectivity index (χ1n) is 7.79. The summed E-state index contributed by atoms with van der Waals surface area (Å²) in [5, 5.41) is 2.82. The summed E-state index contributed by atoms with van der Waals surface area (Å²) in [5.74, 6) is 0.480. The number of sulfone groups is 1. The van der Waals surface area contributed by atoms with Gasteiger partial charge in [0.15, 0.2) is 6.29 Å². The maximum Gasteiger partial charge on any atom is 0.501 e. The minimum absolute atomic E-state index is 0.0348. The van der Waals surface area contributed by atoms with Crippen molar-refractivity contribution >= 4 is 15.5 Å². The van der Waals surface area contributed by atoms with Crippen molar-refractivity contribution in [2.75, 3.05) is 26.9 Å². The van der Waals surface area contributed by atoms with Crippen molar-refractivity contribution in [2.24, 2.45) is 0 Å². The highest BCUT2D eigenvalue weighted by Crippen LogP contribution is 2.27. The van der Waals surface area contributed by atoms with Crippen molar-refractivity contribution in [3.05, 3.63) is 35.2 Å². The quantitative estimate of drug-likeness (QED) is 0.612. The van der Waals surface area contributed by atoms with Crippen LogP contribution in [0.15, 0.2) is 29.7 Å². The van der Waals surface area contributed by atoms with Gasteiger partial charge in [0.25, 0.3) is 9.84 Å². The van der Waals surface area contributed by atoms with Gasteiger partial charge in [-0.3, -0.25) is 0 Å². The molecular formula is C16H22F3NO5S. The second kappa shape index (κ2) is 9.79. The number of ether oxygens (including phenoxy) is 3. The first kappa shape index (κ1) is 22.3. The lowest BCUT2D eigenvalue weighted by molar-refractivity contribution is -0.131. The van der Waals surface area contributed by atoms with Gasteiger partial charge in [0, 0.05) is 13.2 Å². The molecule has 0 aromatic heterocycles. The minimum Gasteiger partial charge on any atom is -0.497 e. The van der Waals surface area contributed by atoms with Gasteiger partial charge < -0.3 is 19.5 Å². The Morgan fingerprint density at radius 2 is 1.69 bits per heavy atom. The van der Waals surface area contributed by atoms with E-state index in [0.29, 0.717) is 19.0 Å². The van der Waals surface area contributed by atoms with E-state index in [1.807, 2.05) is 0 Å². The van der Waals surface area contributed by atoms with Crippen LogP contribution in [0.5, 0.6) is 5.75 Å². The minimum atomic E-state index is -5.47. The van der Waals surface area contributed by atoms with Crippen LogP contribution in [0.3, 0.4) is 0 Å². The van der Waals surface area contributed by atoms with Gasteiger partial charge in [0.1, 0.15) is 5.75 Å². The summed E-state index contributed by atoms with van der Waals surface area (Å²) in [6.45, 7) is 4.09. The van der Waals surface area contributed by atoms with Crippen molar-refractivity contribution in [3.8, 4) is 5.75 Å². The summed E-state index contributed by atoms with van der Waals surface area (Å²) in [6.07, 6.45) is -0.736. The van der Waals surface area contributed by atoms with Gasteiger partial charge in [-0.05, 0) is 43.7 Å². The van der Waals surface area contributed by atoms with Gasteiger partial charge >= 0.3 is 5.51 Å². The number of methoxy groups -OCH3 is 1. The molecule has 0 saturated carbocycles. The number of benzene rings is 1. The Labute approximate surface area is 150 Å². The van der Waals surface area contributed by atoms with Gasteiger partial charge in [-0.2, -0.15) is 13.2 Å². The molecule has 6 nitrogen and oxygen atoms in total. The average molecular weight is 397 g/mol. The molecule has 1 rings (SSSR count). The predicted octanol–water partition coefficient (Wildman–Crippen LogP) is 2.92. The van der Waals surface area contributed by atoms with E-state index in [2.05, 4.69) is 5.32 Å². The van der Waals surface area contributed by atoms with Crippen molar-refractivity contribution in [1.29, 1.82) is 0 Å². The Hall–Kier alpha value is -1.78. The SMILES string of the molecule is CCOC(CN/C(=C/S(=O)(=O)C(F)(F)F)c1ccc(OC)cc1)OCC. The molecule has 0 saturated heterocycles. The van der Waals surface area contributed by atoms with E-state index in [-0.39, 0.29) is 23.2 Å². The highest BCUT2D eigenvalue weighted by atomic mass is 32.2. The van der Waals surface area contributed by atoms with E-state index in [1.165, 1.54) is 31.4 Å². The summed E-state index contributed by atoms with van der Waals surface area (Å²) < 4.78 is 76.9. The molecule has 0 fully saturated rings. The summed E-state index contributed by atoms with van der Waals surface area (Å²) in [5.41, 5.74) is -5.38. The van der Waals surface area contributed by atoms with E-state index in [9.17, 15) is 21.6 Å². The Balaban J connectivity index is 3.16. The molecule has 0 aliphatic carbocycles. The third-order valence-electron chi connectivity index (χ3n) is 3.16. The van der Waals surface area contributed by atoms with Gasteiger partial charge in [-0.15, -0.1) is 0 Å². The predicted molar refractivity (Wildman–Crippen MR) is 91.0 cm³/mol. The van der Waals surface area contributed by atoms with Crippen molar-refractivity contribution < 1.29 is 35.8 Å². The molecule has 0 aliphatic heterocycles. The molecule has 0 amide bonds. The van der Waals surface area contributed by atoms with E-state index >= 15 is 0 Å². The topological polar surface area (TPSA) is 73.9 Å². The Bertz CT molecular complexity index is 681. The lowest BCUT2D eigenvalue weighted by Crippen LogP contribution is -2.31. The summed E-state index contributed by atoms with van der Waals surface area (Å²) >= 11 is 0. The van der Waals surface area contributed by atoms with Crippen LogP contribution in [0, 0.1) is 0 Å². The van der Waals surface area contributed by atoms with Crippen molar-refractivity contribution in [1.82, 2.24) is 5.32 Å². The lowest BCUT2D eigenvalue weighted by atomic mass is 10.1. The first-order chi connectivity index (χ1) is 12.1. The van der Waals surface area contributed by atoms with E-state index in [1.54, 1.807) is 13.8 Å². The summed E-state index contributed by atoms with van der Waals surface area (Å²) in [6, 6.07) is 5.90. The normalized spacial score (nSPS) is 13.1. The van der Waals surface area contributed by atoms with Crippen LogP contribution in [0.1, 0.15) is 19.4 Å². The largest absolute Gasteiger partial charge is 0.501 e. The zero-order valence-corrected chi connectivity index (χ0v) is 15.5. The number of rotatable bonds is 10. The standard InChI is InChI=1S/C16H22F3NO5S/c1-4-24-15(25-5-2)10-20-14(11-26(21,22)16(17,18)19)12-6-8-13(23-3)9-7-12/h6-9,11,15,20H,4-5,10H2,1-3H3/b14-11+. The molecule has 1 aromatic carbocycles. The van der Waals surface area contributed by atoms with Gasteiger partial charge in [-0.25, -0.2) is 8.42 Å². The fraction of sp³-hybridized carbons (Fsp3) is 0.500. The zero-order valence-electron chi connectivity index (χ0n) is 14.7. The van der Waals surface area contributed by atoms with Gasteiger partial charge in [-0.1, -0.05) is 0 Å². The Morgan fingerprint density at radius 1 is 1.15 bits per heavy atom. The fourth-order valence-corrected chi connectivity index (χ4v) is 2.60. The molecule has 0 unspecified atom stereocenters. The van der Waals surface area contributed by atoms with Gasteiger partial charge in [0.05, 0.1) is 24.8 Å². The second-order valence-electron chi connectivity index (χ2n) is 4.97. The number of alkyl halides is 3. The smallest absolute Gasteiger partial charge is 0.497 e. The molecule has 0 aliphatic rings. The maximum atomic E-state index is 12.7. The average Bonchev–Trinajstić information content (AvgIpc) is 2.58. The van der Waals surface area contributed by atoms with Crippen LogP contribution in [-0.4, -0.2) is 47.1 Å². The molecule has 1 aromatic rings. The molecule has 0 atom stereocenters. The number of hydrogen-bond acceptors (Lipinski definition) is 6. The molecule has 0 heterocycles. The fourth-order valence-electron chi connectivity index (χ4n) is 1.94. The third kappa shape index (κ3) is 6.50. The zero-order chi connectivity index (χ0) is 19.8. The molecule has 0 bridgehead atoms. The van der Waals surface area contributed by atoms with Crippen LogP contribution >= 0.6 is 0 Å².